The van der Waals surface area contributed by atoms with Crippen molar-refractivity contribution in [1.82, 2.24) is 9.88 Å². The van der Waals surface area contributed by atoms with Crippen LogP contribution < -0.4 is 4.74 Å². The first kappa shape index (κ1) is 14.1. The van der Waals surface area contributed by atoms with Crippen LogP contribution in [0, 0.1) is 6.92 Å². The molecule has 0 N–H and O–H groups in total. The van der Waals surface area contributed by atoms with Gasteiger partial charge >= 0.3 is 0 Å². The quantitative estimate of drug-likeness (QED) is 0.870. The molecule has 0 aliphatic carbocycles. The lowest BCUT2D eigenvalue weighted by molar-refractivity contribution is 0.0793. The number of likely N-dealkylation sites (tertiary alicyclic amines) is 1. The Bertz CT molecular complexity index is 615. The van der Waals surface area contributed by atoms with Crippen LogP contribution in [-0.2, 0) is 6.61 Å². The van der Waals surface area contributed by atoms with E-state index in [1.54, 1.807) is 11.3 Å². The number of nitrogens with zero attached hydrogens (tertiary/aromatic N) is 2. The highest BCUT2D eigenvalue weighted by atomic mass is 32.1. The van der Waals surface area contributed by atoms with Crippen LogP contribution in [0.2, 0.25) is 0 Å². The molecule has 2 heterocycles. The maximum Gasteiger partial charge on any atom is 0.253 e. The van der Waals surface area contributed by atoms with Crippen LogP contribution in [0.15, 0.2) is 29.6 Å². The standard InChI is InChI=1S/C16H18N2O2S/c1-12-11-21-15(17-12)10-20-14-6-4-13(5-7-14)16(19)18-8-2-3-9-18/h4-7,11H,2-3,8-10H2,1H3. The van der Waals surface area contributed by atoms with Gasteiger partial charge in [0.25, 0.3) is 5.91 Å². The number of rotatable bonds is 4. The molecule has 0 radical (unpaired) electrons. The van der Waals surface area contributed by atoms with E-state index in [0.717, 1.165) is 47.9 Å². The van der Waals surface area contributed by atoms with Crippen LogP contribution in [0.25, 0.3) is 0 Å². The molecule has 0 bridgehead atoms. The Kier molecular flexibility index (Phi) is 4.20. The minimum absolute atomic E-state index is 0.120. The van der Waals surface area contributed by atoms with Gasteiger partial charge in [0.05, 0.1) is 0 Å². The summed E-state index contributed by atoms with van der Waals surface area (Å²) >= 11 is 1.60. The van der Waals surface area contributed by atoms with Crippen LogP contribution in [0.1, 0.15) is 33.9 Å². The smallest absolute Gasteiger partial charge is 0.253 e. The maximum absolute atomic E-state index is 12.2. The molecule has 1 saturated heterocycles. The summed E-state index contributed by atoms with van der Waals surface area (Å²) in [7, 11) is 0. The summed E-state index contributed by atoms with van der Waals surface area (Å²) in [4.78, 5) is 18.5. The Morgan fingerprint density at radius 1 is 1.29 bits per heavy atom. The first-order chi connectivity index (χ1) is 10.2. The summed E-state index contributed by atoms with van der Waals surface area (Å²) in [5.74, 6) is 0.885. The number of carbonyl (C=O) groups is 1. The van der Waals surface area contributed by atoms with Crippen LogP contribution >= 0.6 is 11.3 Å². The molecular formula is C16H18N2O2S. The third-order valence-electron chi connectivity index (χ3n) is 3.52. The van der Waals surface area contributed by atoms with Gasteiger partial charge in [-0.3, -0.25) is 4.79 Å². The molecule has 0 spiro atoms. The van der Waals surface area contributed by atoms with Crippen molar-refractivity contribution in [1.29, 1.82) is 0 Å². The van der Waals surface area contributed by atoms with E-state index in [9.17, 15) is 4.79 Å². The molecule has 0 atom stereocenters. The van der Waals surface area contributed by atoms with Gasteiger partial charge in [0, 0.05) is 29.7 Å². The Hall–Kier alpha value is -1.88. The number of thiazole rings is 1. The van der Waals surface area contributed by atoms with Crippen LogP contribution in [0.3, 0.4) is 0 Å². The molecule has 2 aromatic rings. The number of carbonyl (C=O) groups excluding carboxylic acids is 1. The average Bonchev–Trinajstić information content (AvgIpc) is 3.16. The van der Waals surface area contributed by atoms with Gasteiger partial charge in [-0.1, -0.05) is 0 Å². The second-order valence-electron chi connectivity index (χ2n) is 5.19. The summed E-state index contributed by atoms with van der Waals surface area (Å²) < 4.78 is 5.69. The van der Waals surface area contributed by atoms with E-state index in [1.807, 2.05) is 41.5 Å². The number of aromatic nitrogens is 1. The molecule has 1 aromatic carbocycles. The first-order valence-electron chi connectivity index (χ1n) is 7.15. The number of hydrogen-bond donors (Lipinski definition) is 0. The fraction of sp³-hybridized carbons (Fsp3) is 0.375. The fourth-order valence-corrected chi connectivity index (χ4v) is 3.09. The normalized spacial score (nSPS) is 14.4. The molecule has 5 heteroatoms. The lowest BCUT2D eigenvalue weighted by atomic mass is 10.2. The minimum Gasteiger partial charge on any atom is -0.486 e. The molecule has 1 fully saturated rings. The van der Waals surface area contributed by atoms with E-state index in [4.69, 9.17) is 4.74 Å². The van der Waals surface area contributed by atoms with Gasteiger partial charge in [-0.2, -0.15) is 0 Å². The Morgan fingerprint density at radius 2 is 2.00 bits per heavy atom. The maximum atomic E-state index is 12.2. The number of amides is 1. The largest absolute Gasteiger partial charge is 0.486 e. The Morgan fingerprint density at radius 3 is 2.62 bits per heavy atom. The van der Waals surface area contributed by atoms with E-state index >= 15 is 0 Å². The van der Waals surface area contributed by atoms with Gasteiger partial charge in [-0.25, -0.2) is 4.98 Å². The van der Waals surface area contributed by atoms with E-state index in [2.05, 4.69) is 4.98 Å². The minimum atomic E-state index is 0.120. The summed E-state index contributed by atoms with van der Waals surface area (Å²) in [6, 6.07) is 7.37. The molecule has 21 heavy (non-hydrogen) atoms. The van der Waals surface area contributed by atoms with Crippen molar-refractivity contribution < 1.29 is 9.53 Å². The van der Waals surface area contributed by atoms with Crippen LogP contribution in [0.5, 0.6) is 5.75 Å². The topological polar surface area (TPSA) is 42.4 Å². The molecular weight excluding hydrogens is 284 g/mol. The molecule has 0 unspecified atom stereocenters. The predicted molar refractivity (Wildman–Crippen MR) is 82.8 cm³/mol. The zero-order valence-corrected chi connectivity index (χ0v) is 12.9. The van der Waals surface area contributed by atoms with Gasteiger partial charge in [-0.05, 0) is 44.0 Å². The zero-order chi connectivity index (χ0) is 14.7. The van der Waals surface area contributed by atoms with E-state index in [0.29, 0.717) is 6.61 Å². The average molecular weight is 302 g/mol. The summed E-state index contributed by atoms with van der Waals surface area (Å²) in [6.07, 6.45) is 2.22. The summed E-state index contributed by atoms with van der Waals surface area (Å²) in [5.41, 5.74) is 1.75. The zero-order valence-electron chi connectivity index (χ0n) is 12.0. The molecule has 1 aliphatic heterocycles. The lowest BCUT2D eigenvalue weighted by Crippen LogP contribution is -2.27. The van der Waals surface area contributed by atoms with Crippen LogP contribution in [0.4, 0.5) is 0 Å². The lowest BCUT2D eigenvalue weighted by Gasteiger charge is -2.15. The Labute approximate surface area is 128 Å². The highest BCUT2D eigenvalue weighted by Crippen LogP contribution is 2.18. The highest BCUT2D eigenvalue weighted by Gasteiger charge is 2.19. The van der Waals surface area contributed by atoms with Crippen molar-refractivity contribution >= 4 is 17.2 Å². The second-order valence-corrected chi connectivity index (χ2v) is 6.14. The molecule has 1 aromatic heterocycles. The fourth-order valence-electron chi connectivity index (χ4n) is 2.41. The number of hydrogen-bond acceptors (Lipinski definition) is 4. The molecule has 0 saturated carbocycles. The Balaban J connectivity index is 1.59. The van der Waals surface area contributed by atoms with Gasteiger partial charge in [0.1, 0.15) is 17.4 Å². The second kappa shape index (κ2) is 6.26. The monoisotopic (exact) mass is 302 g/mol. The molecule has 1 amide bonds. The van der Waals surface area contributed by atoms with Gasteiger partial charge in [-0.15, -0.1) is 11.3 Å². The number of benzene rings is 1. The van der Waals surface area contributed by atoms with Gasteiger partial charge in [0.2, 0.25) is 0 Å². The van der Waals surface area contributed by atoms with Crippen molar-refractivity contribution in [2.75, 3.05) is 13.1 Å². The predicted octanol–water partition coefficient (Wildman–Crippen LogP) is 3.27. The summed E-state index contributed by atoms with van der Waals surface area (Å²) in [5, 5.41) is 2.97. The SMILES string of the molecule is Cc1csc(COc2ccc(C(=O)N3CCCC3)cc2)n1. The molecule has 4 nitrogen and oxygen atoms in total. The van der Waals surface area contributed by atoms with E-state index in [-0.39, 0.29) is 5.91 Å². The van der Waals surface area contributed by atoms with Crippen molar-refractivity contribution in [2.24, 2.45) is 0 Å². The number of aryl methyl sites for hydroxylation is 1. The third kappa shape index (κ3) is 3.42. The summed E-state index contributed by atoms with van der Waals surface area (Å²) in [6.45, 7) is 4.19. The number of ether oxygens (including phenoxy) is 1. The van der Waals surface area contributed by atoms with Crippen molar-refractivity contribution in [3.8, 4) is 5.75 Å². The van der Waals surface area contributed by atoms with Crippen molar-refractivity contribution in [3.05, 3.63) is 45.9 Å². The van der Waals surface area contributed by atoms with Crippen molar-refractivity contribution in [3.63, 3.8) is 0 Å². The highest BCUT2D eigenvalue weighted by molar-refractivity contribution is 7.09. The van der Waals surface area contributed by atoms with E-state index in [1.165, 1.54) is 0 Å². The van der Waals surface area contributed by atoms with Gasteiger partial charge < -0.3 is 9.64 Å². The molecule has 1 aliphatic rings. The molecule has 3 rings (SSSR count). The van der Waals surface area contributed by atoms with Gasteiger partial charge in [0.15, 0.2) is 0 Å². The van der Waals surface area contributed by atoms with E-state index < -0.39 is 0 Å². The van der Waals surface area contributed by atoms with Crippen molar-refractivity contribution in [2.45, 2.75) is 26.4 Å². The first-order valence-corrected chi connectivity index (χ1v) is 8.03. The molecule has 110 valence electrons. The van der Waals surface area contributed by atoms with Crippen LogP contribution in [-0.4, -0.2) is 28.9 Å². The third-order valence-corrected chi connectivity index (χ3v) is 4.46.